The maximum Gasteiger partial charge on any atom is 0.113 e. The van der Waals surface area contributed by atoms with Gasteiger partial charge in [0.1, 0.15) is 5.82 Å². The zero-order valence-electron chi connectivity index (χ0n) is 13.8. The summed E-state index contributed by atoms with van der Waals surface area (Å²) in [5.74, 6) is 1.92. The van der Waals surface area contributed by atoms with Gasteiger partial charge in [0.05, 0.1) is 11.0 Å². The van der Waals surface area contributed by atoms with Crippen LogP contribution in [0.3, 0.4) is 0 Å². The molecule has 2 aromatic carbocycles. The third-order valence-electron chi connectivity index (χ3n) is 5.08. The SMILES string of the molecule is Cc1cccc(Cn2c(C3CCCCC3)nc3ccccc32)c1. The number of para-hydroxylation sites is 2. The van der Waals surface area contributed by atoms with Crippen LogP contribution in [0.1, 0.15) is 55.0 Å². The van der Waals surface area contributed by atoms with Gasteiger partial charge in [-0.3, -0.25) is 0 Å². The Bertz CT molecular complexity index is 810. The second-order valence-electron chi connectivity index (χ2n) is 6.87. The molecule has 1 aromatic heterocycles. The minimum absolute atomic E-state index is 0.626. The first-order valence-corrected chi connectivity index (χ1v) is 8.82. The molecule has 1 heterocycles. The smallest absolute Gasteiger partial charge is 0.113 e. The number of fused-ring (bicyclic) bond motifs is 1. The molecule has 0 unspecified atom stereocenters. The zero-order chi connectivity index (χ0) is 15.6. The van der Waals surface area contributed by atoms with E-state index in [1.165, 1.54) is 54.6 Å². The Morgan fingerprint density at radius 3 is 2.65 bits per heavy atom. The first-order chi connectivity index (χ1) is 11.3. The molecule has 2 nitrogen and oxygen atoms in total. The summed E-state index contributed by atoms with van der Waals surface area (Å²) in [4.78, 5) is 5.02. The zero-order valence-corrected chi connectivity index (χ0v) is 13.8. The van der Waals surface area contributed by atoms with Gasteiger partial charge in [-0.1, -0.05) is 61.2 Å². The molecule has 1 aliphatic rings. The molecule has 0 atom stereocenters. The van der Waals surface area contributed by atoms with Crippen LogP contribution in [-0.2, 0) is 6.54 Å². The quantitative estimate of drug-likeness (QED) is 0.630. The van der Waals surface area contributed by atoms with Gasteiger partial charge in [0, 0.05) is 12.5 Å². The maximum absolute atomic E-state index is 5.02. The van der Waals surface area contributed by atoms with Crippen LogP contribution in [0.2, 0.25) is 0 Å². The lowest BCUT2D eigenvalue weighted by Crippen LogP contribution is -2.13. The van der Waals surface area contributed by atoms with Crippen molar-refractivity contribution in [1.29, 1.82) is 0 Å². The number of hydrogen-bond donors (Lipinski definition) is 0. The predicted octanol–water partition coefficient (Wildman–Crippen LogP) is 5.44. The van der Waals surface area contributed by atoms with Gasteiger partial charge in [0.25, 0.3) is 0 Å². The molecule has 1 fully saturated rings. The lowest BCUT2D eigenvalue weighted by molar-refractivity contribution is 0.420. The summed E-state index contributed by atoms with van der Waals surface area (Å²) < 4.78 is 2.46. The van der Waals surface area contributed by atoms with E-state index < -0.39 is 0 Å². The molecule has 118 valence electrons. The van der Waals surface area contributed by atoms with Gasteiger partial charge in [-0.2, -0.15) is 0 Å². The minimum atomic E-state index is 0.626. The van der Waals surface area contributed by atoms with E-state index in [9.17, 15) is 0 Å². The highest BCUT2D eigenvalue weighted by molar-refractivity contribution is 5.76. The van der Waals surface area contributed by atoms with Gasteiger partial charge < -0.3 is 4.57 Å². The van der Waals surface area contributed by atoms with Gasteiger partial charge >= 0.3 is 0 Å². The second-order valence-corrected chi connectivity index (χ2v) is 6.87. The van der Waals surface area contributed by atoms with Crippen molar-refractivity contribution in [1.82, 2.24) is 9.55 Å². The molecule has 0 amide bonds. The third kappa shape index (κ3) is 2.90. The van der Waals surface area contributed by atoms with E-state index in [0.717, 1.165) is 12.1 Å². The molecule has 0 aliphatic heterocycles. The first-order valence-electron chi connectivity index (χ1n) is 8.82. The van der Waals surface area contributed by atoms with Crippen molar-refractivity contribution in [3.8, 4) is 0 Å². The fraction of sp³-hybridized carbons (Fsp3) is 0.381. The van der Waals surface area contributed by atoms with E-state index in [1.54, 1.807) is 0 Å². The summed E-state index contributed by atoms with van der Waals surface area (Å²) in [6.45, 7) is 3.09. The van der Waals surface area contributed by atoms with E-state index in [1.807, 2.05) is 0 Å². The number of hydrogen-bond acceptors (Lipinski definition) is 1. The van der Waals surface area contributed by atoms with Gasteiger partial charge in [-0.15, -0.1) is 0 Å². The van der Waals surface area contributed by atoms with Crippen molar-refractivity contribution < 1.29 is 0 Å². The summed E-state index contributed by atoms with van der Waals surface area (Å²) in [6.07, 6.45) is 6.65. The Morgan fingerprint density at radius 2 is 1.83 bits per heavy atom. The highest BCUT2D eigenvalue weighted by Crippen LogP contribution is 2.34. The summed E-state index contributed by atoms with van der Waals surface area (Å²) in [5.41, 5.74) is 5.10. The third-order valence-corrected chi connectivity index (χ3v) is 5.08. The van der Waals surface area contributed by atoms with Crippen molar-refractivity contribution in [2.45, 2.75) is 51.5 Å². The number of benzene rings is 2. The second kappa shape index (κ2) is 6.19. The van der Waals surface area contributed by atoms with Crippen LogP contribution in [0.15, 0.2) is 48.5 Å². The van der Waals surface area contributed by atoms with Crippen LogP contribution in [0.4, 0.5) is 0 Å². The molecule has 1 saturated carbocycles. The Kier molecular flexibility index (Phi) is 3.90. The number of aromatic nitrogens is 2. The molecule has 0 spiro atoms. The highest BCUT2D eigenvalue weighted by atomic mass is 15.1. The number of aryl methyl sites for hydroxylation is 1. The highest BCUT2D eigenvalue weighted by Gasteiger charge is 2.22. The van der Waals surface area contributed by atoms with Crippen LogP contribution in [0.25, 0.3) is 11.0 Å². The number of nitrogens with zero attached hydrogens (tertiary/aromatic N) is 2. The number of rotatable bonds is 3. The van der Waals surface area contributed by atoms with Crippen LogP contribution in [-0.4, -0.2) is 9.55 Å². The maximum atomic E-state index is 5.02. The summed E-state index contributed by atoms with van der Waals surface area (Å²) in [6, 6.07) is 17.4. The molecule has 2 heteroatoms. The van der Waals surface area contributed by atoms with Crippen molar-refractivity contribution >= 4 is 11.0 Å². The molecular formula is C21H24N2. The average Bonchev–Trinajstić information content (AvgIpc) is 2.95. The summed E-state index contributed by atoms with van der Waals surface area (Å²) in [7, 11) is 0. The first kappa shape index (κ1) is 14.5. The van der Waals surface area contributed by atoms with Crippen molar-refractivity contribution in [2.24, 2.45) is 0 Å². The lowest BCUT2D eigenvalue weighted by atomic mass is 9.88. The monoisotopic (exact) mass is 304 g/mol. The Morgan fingerprint density at radius 1 is 1.00 bits per heavy atom. The molecule has 0 radical (unpaired) electrons. The molecular weight excluding hydrogens is 280 g/mol. The Labute approximate surface area is 138 Å². The van der Waals surface area contributed by atoms with Gasteiger partial charge in [-0.25, -0.2) is 4.98 Å². The predicted molar refractivity (Wildman–Crippen MR) is 95.8 cm³/mol. The van der Waals surface area contributed by atoms with Crippen molar-refractivity contribution in [2.75, 3.05) is 0 Å². The van der Waals surface area contributed by atoms with Crippen molar-refractivity contribution in [3.63, 3.8) is 0 Å². The van der Waals surface area contributed by atoms with Crippen LogP contribution in [0.5, 0.6) is 0 Å². The standard InChI is InChI=1S/C21H24N2/c1-16-8-7-9-17(14-16)15-23-20-13-6-5-12-19(20)22-21(23)18-10-3-2-4-11-18/h5-9,12-14,18H,2-4,10-11,15H2,1H3. The Hall–Kier alpha value is -2.09. The summed E-state index contributed by atoms with van der Waals surface area (Å²) in [5, 5.41) is 0. The van der Waals surface area contributed by atoms with Gasteiger partial charge in [-0.05, 0) is 37.5 Å². The number of imidazole rings is 1. The molecule has 3 aromatic rings. The molecule has 0 N–H and O–H groups in total. The van der Waals surface area contributed by atoms with Crippen molar-refractivity contribution in [3.05, 3.63) is 65.5 Å². The van der Waals surface area contributed by atoms with Crippen LogP contribution >= 0.6 is 0 Å². The lowest BCUT2D eigenvalue weighted by Gasteiger charge is -2.22. The topological polar surface area (TPSA) is 17.8 Å². The normalized spacial score (nSPS) is 16.0. The minimum Gasteiger partial charge on any atom is -0.323 e. The molecule has 4 rings (SSSR count). The fourth-order valence-corrected chi connectivity index (χ4v) is 3.93. The average molecular weight is 304 g/mol. The Balaban J connectivity index is 1.79. The molecule has 0 bridgehead atoms. The largest absolute Gasteiger partial charge is 0.323 e. The molecule has 1 aliphatic carbocycles. The van der Waals surface area contributed by atoms with E-state index in [-0.39, 0.29) is 0 Å². The van der Waals surface area contributed by atoms with Crippen LogP contribution < -0.4 is 0 Å². The van der Waals surface area contributed by atoms with E-state index >= 15 is 0 Å². The van der Waals surface area contributed by atoms with Crippen LogP contribution in [0, 0.1) is 6.92 Å². The fourth-order valence-electron chi connectivity index (χ4n) is 3.93. The van der Waals surface area contributed by atoms with Gasteiger partial charge in [0.15, 0.2) is 0 Å². The molecule has 23 heavy (non-hydrogen) atoms. The van der Waals surface area contributed by atoms with E-state index in [4.69, 9.17) is 4.98 Å². The van der Waals surface area contributed by atoms with E-state index in [0.29, 0.717) is 5.92 Å². The van der Waals surface area contributed by atoms with Gasteiger partial charge in [0.2, 0.25) is 0 Å². The van der Waals surface area contributed by atoms with E-state index in [2.05, 4.69) is 60.0 Å². The molecule has 0 saturated heterocycles. The summed E-state index contributed by atoms with van der Waals surface area (Å²) >= 11 is 0.